The maximum absolute atomic E-state index is 6.83. The van der Waals surface area contributed by atoms with Crippen molar-refractivity contribution >= 4 is 49.3 Å². The Morgan fingerprint density at radius 2 is 1.26 bits per heavy atom. The predicted octanol–water partition coefficient (Wildman–Crippen LogP) is 12.5. The maximum atomic E-state index is 6.83. The summed E-state index contributed by atoms with van der Waals surface area (Å²) in [6, 6.07) is 46.3. The molecule has 0 saturated heterocycles. The average molecular weight is 696 g/mol. The van der Waals surface area contributed by atoms with Gasteiger partial charge in [0.1, 0.15) is 28.3 Å². The molecule has 5 heteroatoms. The smallest absolute Gasteiger partial charge is 0.163 e. The van der Waals surface area contributed by atoms with Crippen molar-refractivity contribution in [2.45, 2.75) is 18.8 Å². The second-order valence-electron chi connectivity index (χ2n) is 14.2. The average Bonchev–Trinajstić information content (AvgIpc) is 3.82. The van der Waals surface area contributed by atoms with Crippen LogP contribution in [0, 0.1) is 5.92 Å². The number of fused-ring (bicyclic) bond motifs is 7. The van der Waals surface area contributed by atoms with Gasteiger partial charge in [0.05, 0.1) is 0 Å². The fraction of sp³-hybridized carbons (Fsp3) is 0.0816. The van der Waals surface area contributed by atoms with Crippen molar-refractivity contribution in [2.75, 3.05) is 0 Å². The summed E-state index contributed by atoms with van der Waals surface area (Å²) in [6.45, 7) is 0. The van der Waals surface area contributed by atoms with Crippen molar-refractivity contribution < 1.29 is 8.83 Å². The Kier molecular flexibility index (Phi) is 7.05. The third-order valence-corrected chi connectivity index (χ3v) is 11.0. The Balaban J connectivity index is 1.03. The van der Waals surface area contributed by atoms with Crippen LogP contribution in [0.5, 0.6) is 0 Å². The summed E-state index contributed by atoms with van der Waals surface area (Å²) >= 11 is 0. The zero-order chi connectivity index (χ0) is 35.6. The standard InChI is InChI=1S/C49H33N3O2/c1-2-13-31(14-3-1)47-50-48(34-26-27-38-37-17-8-9-22-42(37)53-44(38)29-34)52-49(51-47)40-18-7-6-16-36(40)39-20-11-23-43-45(39)41-21-10-19-35(46(41)54-43)33-25-24-30-12-4-5-15-32(30)28-33/h1-10,12-22,24-29,36,40H,11,23H2. The van der Waals surface area contributed by atoms with Gasteiger partial charge < -0.3 is 8.83 Å². The number of aryl methyl sites for hydroxylation is 1. The molecule has 0 aliphatic heterocycles. The SMILES string of the molecule is C1=CC(C2=CCCc3oc4c(-c5ccc6ccccc6c5)cccc4c32)C(c2nc(-c3ccccc3)nc(-c3ccc4c(c3)oc3ccccc34)n2)C=C1. The van der Waals surface area contributed by atoms with Crippen LogP contribution in [0.2, 0.25) is 0 Å². The van der Waals surface area contributed by atoms with Gasteiger partial charge in [-0.05, 0) is 52.6 Å². The number of rotatable bonds is 5. The molecule has 2 unspecified atom stereocenters. The number of hydrogen-bond donors (Lipinski definition) is 0. The Morgan fingerprint density at radius 3 is 2.17 bits per heavy atom. The third-order valence-electron chi connectivity index (χ3n) is 11.0. The van der Waals surface area contributed by atoms with Gasteiger partial charge >= 0.3 is 0 Å². The first kappa shape index (κ1) is 30.7. The fourth-order valence-corrected chi connectivity index (χ4v) is 8.41. The molecule has 0 bridgehead atoms. The Morgan fingerprint density at radius 1 is 0.519 bits per heavy atom. The van der Waals surface area contributed by atoms with Gasteiger partial charge in [0, 0.05) is 56.7 Å². The molecule has 0 radical (unpaired) electrons. The third kappa shape index (κ3) is 5.04. The highest BCUT2D eigenvalue weighted by Crippen LogP contribution is 2.47. The zero-order valence-corrected chi connectivity index (χ0v) is 29.3. The molecular weight excluding hydrogens is 663 g/mol. The molecule has 0 fully saturated rings. The van der Waals surface area contributed by atoms with Crippen molar-refractivity contribution in [2.24, 2.45) is 5.92 Å². The van der Waals surface area contributed by atoms with Gasteiger partial charge in [-0.1, -0.05) is 140 Å². The van der Waals surface area contributed by atoms with Gasteiger partial charge in [0.2, 0.25) is 0 Å². The van der Waals surface area contributed by atoms with Gasteiger partial charge in [0.15, 0.2) is 11.6 Å². The van der Waals surface area contributed by atoms with Crippen LogP contribution < -0.4 is 0 Å². The van der Waals surface area contributed by atoms with E-state index in [0.29, 0.717) is 11.6 Å². The molecule has 9 aromatic rings. The first-order chi connectivity index (χ1) is 26.7. The molecule has 2 aliphatic carbocycles. The van der Waals surface area contributed by atoms with Crippen molar-refractivity contribution in [3.63, 3.8) is 0 Å². The molecule has 2 aliphatic rings. The lowest BCUT2D eigenvalue weighted by Crippen LogP contribution is -2.18. The molecule has 3 aromatic heterocycles. The van der Waals surface area contributed by atoms with Crippen molar-refractivity contribution in [3.8, 4) is 33.9 Å². The summed E-state index contributed by atoms with van der Waals surface area (Å²) in [4.78, 5) is 15.5. The molecule has 0 amide bonds. The van der Waals surface area contributed by atoms with E-state index in [2.05, 4.69) is 127 Å². The van der Waals surface area contributed by atoms with Crippen molar-refractivity contribution in [1.82, 2.24) is 15.0 Å². The van der Waals surface area contributed by atoms with E-state index < -0.39 is 0 Å². The van der Waals surface area contributed by atoms with Crippen molar-refractivity contribution in [1.29, 1.82) is 0 Å². The van der Waals surface area contributed by atoms with E-state index >= 15 is 0 Å². The Labute approximate surface area is 311 Å². The summed E-state index contributed by atoms with van der Waals surface area (Å²) in [5.74, 6) is 2.91. The molecular formula is C49H33N3O2. The largest absolute Gasteiger partial charge is 0.460 e. The van der Waals surface area contributed by atoms with E-state index in [1.54, 1.807) is 0 Å². The number of benzene rings is 6. The quantitative estimate of drug-likeness (QED) is 0.179. The fourth-order valence-electron chi connectivity index (χ4n) is 8.41. The molecule has 256 valence electrons. The van der Waals surface area contributed by atoms with Gasteiger partial charge in [0.25, 0.3) is 0 Å². The molecule has 6 aromatic carbocycles. The summed E-state index contributed by atoms with van der Waals surface area (Å²) in [7, 11) is 0. The van der Waals surface area contributed by atoms with Gasteiger partial charge in [-0.25, -0.2) is 15.0 Å². The number of hydrogen-bond acceptors (Lipinski definition) is 5. The Bertz CT molecular complexity index is 3020. The van der Waals surface area contributed by atoms with E-state index in [9.17, 15) is 0 Å². The monoisotopic (exact) mass is 695 g/mol. The number of furan rings is 2. The number of para-hydroxylation sites is 2. The lowest BCUT2D eigenvalue weighted by atomic mass is 9.76. The lowest BCUT2D eigenvalue weighted by Gasteiger charge is -2.28. The van der Waals surface area contributed by atoms with Crippen LogP contribution in [0.15, 0.2) is 173 Å². The molecule has 11 rings (SSSR count). The Hall–Kier alpha value is -6.85. The summed E-state index contributed by atoms with van der Waals surface area (Å²) < 4.78 is 13.1. The molecule has 2 atom stereocenters. The van der Waals surface area contributed by atoms with E-state index in [1.165, 1.54) is 21.9 Å². The molecule has 0 saturated carbocycles. The molecule has 0 N–H and O–H groups in total. The lowest BCUT2D eigenvalue weighted by molar-refractivity contribution is 0.542. The van der Waals surface area contributed by atoms with Gasteiger partial charge in [-0.3, -0.25) is 0 Å². The second kappa shape index (κ2) is 12.4. The molecule has 5 nitrogen and oxygen atoms in total. The number of allylic oxidation sites excluding steroid dienone is 6. The zero-order valence-electron chi connectivity index (χ0n) is 29.3. The van der Waals surface area contributed by atoms with Crippen LogP contribution in [0.4, 0.5) is 0 Å². The summed E-state index contributed by atoms with van der Waals surface area (Å²) in [5, 5.41) is 5.76. The molecule has 54 heavy (non-hydrogen) atoms. The maximum Gasteiger partial charge on any atom is 0.163 e. The van der Waals surface area contributed by atoms with Crippen LogP contribution in [-0.2, 0) is 6.42 Å². The summed E-state index contributed by atoms with van der Waals surface area (Å²) in [5.41, 5.74) is 9.15. The number of aromatic nitrogens is 3. The minimum atomic E-state index is -0.125. The van der Waals surface area contributed by atoms with Crippen LogP contribution in [-0.4, -0.2) is 15.0 Å². The highest BCUT2D eigenvalue weighted by atomic mass is 16.3. The topological polar surface area (TPSA) is 65.0 Å². The van der Waals surface area contributed by atoms with Gasteiger partial charge in [-0.2, -0.15) is 0 Å². The first-order valence-corrected chi connectivity index (χ1v) is 18.6. The normalized spacial score (nSPS) is 16.7. The minimum Gasteiger partial charge on any atom is -0.460 e. The molecule has 3 heterocycles. The van der Waals surface area contributed by atoms with E-state index in [-0.39, 0.29) is 11.8 Å². The van der Waals surface area contributed by atoms with E-state index in [1.807, 2.05) is 36.4 Å². The van der Waals surface area contributed by atoms with Crippen LogP contribution in [0.3, 0.4) is 0 Å². The van der Waals surface area contributed by atoms with Crippen LogP contribution in [0.1, 0.15) is 29.5 Å². The second-order valence-corrected chi connectivity index (χ2v) is 14.2. The van der Waals surface area contributed by atoms with Crippen LogP contribution >= 0.6 is 0 Å². The minimum absolute atomic E-state index is 0.00379. The van der Waals surface area contributed by atoms with Crippen molar-refractivity contribution in [3.05, 3.63) is 181 Å². The van der Waals surface area contributed by atoms with Gasteiger partial charge in [-0.15, -0.1) is 0 Å². The predicted molar refractivity (Wildman–Crippen MR) is 218 cm³/mol. The van der Waals surface area contributed by atoms with E-state index in [0.717, 1.165) is 79.6 Å². The van der Waals surface area contributed by atoms with Crippen LogP contribution in [0.25, 0.3) is 83.2 Å². The molecule has 0 spiro atoms. The first-order valence-electron chi connectivity index (χ1n) is 18.6. The summed E-state index contributed by atoms with van der Waals surface area (Å²) in [6.07, 6.45) is 13.0. The van der Waals surface area contributed by atoms with E-state index in [4.69, 9.17) is 23.8 Å². The number of nitrogens with zero attached hydrogens (tertiary/aromatic N) is 3. The highest BCUT2D eigenvalue weighted by molar-refractivity contribution is 6.06. The highest BCUT2D eigenvalue weighted by Gasteiger charge is 2.33.